The van der Waals surface area contributed by atoms with Crippen molar-refractivity contribution in [2.24, 2.45) is 0 Å². The van der Waals surface area contributed by atoms with Crippen LogP contribution in [0.25, 0.3) is 0 Å². The number of nitrogens with zero attached hydrogens (tertiary/aromatic N) is 1. The lowest BCUT2D eigenvalue weighted by molar-refractivity contribution is -0.130. The fourth-order valence-corrected chi connectivity index (χ4v) is 1.50. The van der Waals surface area contributed by atoms with Gasteiger partial charge in [-0.3, -0.25) is 4.79 Å². The standard InChI is InChI=1S/C9H18N2O/c1-2-10-6-5-9(12)11-7-3-4-8-11/h10H,2-8H2,1H3. The summed E-state index contributed by atoms with van der Waals surface area (Å²) >= 11 is 0. The third-order valence-corrected chi connectivity index (χ3v) is 2.22. The van der Waals surface area contributed by atoms with Gasteiger partial charge in [0.25, 0.3) is 0 Å². The first-order valence-corrected chi connectivity index (χ1v) is 4.83. The highest BCUT2D eigenvalue weighted by atomic mass is 16.2. The number of likely N-dealkylation sites (tertiary alicyclic amines) is 1. The van der Waals surface area contributed by atoms with Gasteiger partial charge < -0.3 is 10.2 Å². The van der Waals surface area contributed by atoms with Crippen molar-refractivity contribution in [1.82, 2.24) is 10.2 Å². The molecule has 3 heteroatoms. The monoisotopic (exact) mass is 170 g/mol. The van der Waals surface area contributed by atoms with E-state index in [-0.39, 0.29) is 0 Å². The maximum absolute atomic E-state index is 11.4. The average Bonchev–Trinajstić information content (AvgIpc) is 2.56. The normalized spacial score (nSPS) is 16.9. The van der Waals surface area contributed by atoms with Gasteiger partial charge in [-0.05, 0) is 19.4 Å². The van der Waals surface area contributed by atoms with Crippen LogP contribution in [0.1, 0.15) is 26.2 Å². The van der Waals surface area contributed by atoms with E-state index in [0.29, 0.717) is 12.3 Å². The summed E-state index contributed by atoms with van der Waals surface area (Å²) in [7, 11) is 0. The topological polar surface area (TPSA) is 32.3 Å². The lowest BCUT2D eigenvalue weighted by Crippen LogP contribution is -2.30. The van der Waals surface area contributed by atoms with Crippen LogP contribution in [0, 0.1) is 0 Å². The zero-order valence-corrected chi connectivity index (χ0v) is 7.81. The van der Waals surface area contributed by atoms with Crippen molar-refractivity contribution < 1.29 is 4.79 Å². The van der Waals surface area contributed by atoms with E-state index >= 15 is 0 Å². The molecule has 0 radical (unpaired) electrons. The zero-order valence-electron chi connectivity index (χ0n) is 7.81. The van der Waals surface area contributed by atoms with E-state index in [9.17, 15) is 4.79 Å². The molecule has 0 spiro atoms. The maximum atomic E-state index is 11.4. The van der Waals surface area contributed by atoms with Crippen LogP contribution in [-0.2, 0) is 4.79 Å². The zero-order chi connectivity index (χ0) is 8.81. The lowest BCUT2D eigenvalue weighted by Gasteiger charge is -2.14. The number of carbonyl (C=O) groups is 1. The Morgan fingerprint density at radius 1 is 1.42 bits per heavy atom. The molecule has 0 atom stereocenters. The fraction of sp³-hybridized carbons (Fsp3) is 0.889. The number of nitrogens with one attached hydrogen (secondary N) is 1. The molecular weight excluding hydrogens is 152 g/mol. The number of hydrogen-bond donors (Lipinski definition) is 1. The van der Waals surface area contributed by atoms with E-state index in [2.05, 4.69) is 12.2 Å². The van der Waals surface area contributed by atoms with Crippen molar-refractivity contribution in [1.29, 1.82) is 0 Å². The third kappa shape index (κ3) is 2.81. The Balaban J connectivity index is 2.10. The van der Waals surface area contributed by atoms with E-state index in [1.165, 1.54) is 12.8 Å². The third-order valence-electron chi connectivity index (χ3n) is 2.22. The van der Waals surface area contributed by atoms with Crippen LogP contribution >= 0.6 is 0 Å². The Hall–Kier alpha value is -0.570. The Bertz CT molecular complexity index is 141. The van der Waals surface area contributed by atoms with Gasteiger partial charge >= 0.3 is 0 Å². The van der Waals surface area contributed by atoms with Gasteiger partial charge in [-0.25, -0.2) is 0 Å². The summed E-state index contributed by atoms with van der Waals surface area (Å²) in [6.07, 6.45) is 3.04. The minimum Gasteiger partial charge on any atom is -0.343 e. The summed E-state index contributed by atoms with van der Waals surface area (Å²) in [6, 6.07) is 0. The second-order valence-corrected chi connectivity index (χ2v) is 3.19. The van der Waals surface area contributed by atoms with E-state index < -0.39 is 0 Å². The van der Waals surface area contributed by atoms with Gasteiger partial charge in [-0.15, -0.1) is 0 Å². The van der Waals surface area contributed by atoms with Crippen molar-refractivity contribution in [2.75, 3.05) is 26.2 Å². The van der Waals surface area contributed by atoms with Crippen molar-refractivity contribution in [2.45, 2.75) is 26.2 Å². The van der Waals surface area contributed by atoms with Gasteiger partial charge in [0.2, 0.25) is 5.91 Å². The molecule has 70 valence electrons. The molecule has 0 bridgehead atoms. The Morgan fingerprint density at radius 3 is 2.67 bits per heavy atom. The number of hydrogen-bond acceptors (Lipinski definition) is 2. The highest BCUT2D eigenvalue weighted by Gasteiger charge is 2.16. The molecule has 0 saturated carbocycles. The first kappa shape index (κ1) is 9.52. The minimum absolute atomic E-state index is 0.313. The summed E-state index contributed by atoms with van der Waals surface area (Å²) in [4.78, 5) is 13.4. The summed E-state index contributed by atoms with van der Waals surface area (Å²) in [5.74, 6) is 0.313. The van der Waals surface area contributed by atoms with Crippen LogP contribution in [0.4, 0.5) is 0 Å². The maximum Gasteiger partial charge on any atom is 0.223 e. The van der Waals surface area contributed by atoms with Gasteiger partial charge in [-0.2, -0.15) is 0 Å². The molecule has 0 aromatic heterocycles. The molecule has 12 heavy (non-hydrogen) atoms. The van der Waals surface area contributed by atoms with Crippen LogP contribution in [-0.4, -0.2) is 37.0 Å². The van der Waals surface area contributed by atoms with Gasteiger partial charge in [-0.1, -0.05) is 6.92 Å². The average molecular weight is 170 g/mol. The molecule has 3 nitrogen and oxygen atoms in total. The van der Waals surface area contributed by atoms with Gasteiger partial charge in [0.1, 0.15) is 0 Å². The molecule has 1 N–H and O–H groups in total. The predicted octanol–water partition coefficient (Wildman–Crippen LogP) is 0.608. The molecule has 0 aromatic carbocycles. The molecule has 0 aliphatic carbocycles. The second kappa shape index (κ2) is 5.14. The Kier molecular flexibility index (Phi) is 4.08. The number of carbonyl (C=O) groups excluding carboxylic acids is 1. The first-order valence-electron chi connectivity index (χ1n) is 4.83. The largest absolute Gasteiger partial charge is 0.343 e. The summed E-state index contributed by atoms with van der Waals surface area (Å²) in [6.45, 7) is 5.79. The van der Waals surface area contributed by atoms with Gasteiger partial charge in [0.05, 0.1) is 0 Å². The van der Waals surface area contributed by atoms with Gasteiger partial charge in [0, 0.05) is 26.1 Å². The van der Waals surface area contributed by atoms with E-state index in [0.717, 1.165) is 26.2 Å². The smallest absolute Gasteiger partial charge is 0.223 e. The van der Waals surface area contributed by atoms with Crippen LogP contribution in [0.2, 0.25) is 0 Å². The van der Waals surface area contributed by atoms with Crippen molar-refractivity contribution in [3.8, 4) is 0 Å². The second-order valence-electron chi connectivity index (χ2n) is 3.19. The highest BCUT2D eigenvalue weighted by Crippen LogP contribution is 2.08. The number of rotatable bonds is 4. The quantitative estimate of drug-likeness (QED) is 0.627. The molecule has 1 amide bonds. The molecule has 1 saturated heterocycles. The van der Waals surface area contributed by atoms with E-state index in [4.69, 9.17) is 0 Å². The van der Waals surface area contributed by atoms with E-state index in [1.54, 1.807) is 0 Å². The molecule has 1 heterocycles. The number of amides is 1. The van der Waals surface area contributed by atoms with Crippen molar-refractivity contribution in [3.63, 3.8) is 0 Å². The molecule has 0 aromatic rings. The molecule has 1 fully saturated rings. The molecule has 0 unspecified atom stereocenters. The van der Waals surface area contributed by atoms with Crippen molar-refractivity contribution in [3.05, 3.63) is 0 Å². The summed E-state index contributed by atoms with van der Waals surface area (Å²) in [5, 5.41) is 3.16. The highest BCUT2D eigenvalue weighted by molar-refractivity contribution is 5.76. The van der Waals surface area contributed by atoms with Crippen LogP contribution < -0.4 is 5.32 Å². The molecule has 1 aliphatic rings. The van der Waals surface area contributed by atoms with Crippen LogP contribution in [0.15, 0.2) is 0 Å². The molecular formula is C9H18N2O. The van der Waals surface area contributed by atoms with Crippen molar-refractivity contribution >= 4 is 5.91 Å². The lowest BCUT2D eigenvalue weighted by atomic mass is 10.3. The minimum atomic E-state index is 0.313. The van der Waals surface area contributed by atoms with Gasteiger partial charge in [0.15, 0.2) is 0 Å². The van der Waals surface area contributed by atoms with Crippen LogP contribution in [0.3, 0.4) is 0 Å². The van der Waals surface area contributed by atoms with Crippen LogP contribution in [0.5, 0.6) is 0 Å². The SMILES string of the molecule is CCNCCC(=O)N1CCCC1. The summed E-state index contributed by atoms with van der Waals surface area (Å²) in [5.41, 5.74) is 0. The Labute approximate surface area is 74.1 Å². The summed E-state index contributed by atoms with van der Waals surface area (Å²) < 4.78 is 0. The molecule has 1 rings (SSSR count). The molecule has 1 aliphatic heterocycles. The van der Waals surface area contributed by atoms with E-state index in [1.807, 2.05) is 4.90 Å². The first-order chi connectivity index (χ1) is 5.84. The fourth-order valence-electron chi connectivity index (χ4n) is 1.50. The Morgan fingerprint density at radius 2 is 2.08 bits per heavy atom. The predicted molar refractivity (Wildman–Crippen MR) is 49.0 cm³/mol.